The zero-order valence-electron chi connectivity index (χ0n) is 12.4. The molecule has 7 heteroatoms. The van der Waals surface area contributed by atoms with Crippen molar-refractivity contribution in [3.05, 3.63) is 53.2 Å². The van der Waals surface area contributed by atoms with E-state index in [0.29, 0.717) is 22.4 Å². The van der Waals surface area contributed by atoms with Crippen LogP contribution in [-0.4, -0.2) is 25.4 Å². The van der Waals surface area contributed by atoms with Gasteiger partial charge in [0.2, 0.25) is 0 Å². The summed E-state index contributed by atoms with van der Waals surface area (Å²) in [5, 5.41) is 3.32. The zero-order valence-corrected chi connectivity index (χ0v) is 13.1. The summed E-state index contributed by atoms with van der Waals surface area (Å²) in [7, 11) is 0. The first-order valence-electron chi connectivity index (χ1n) is 7.30. The molecule has 1 aliphatic rings. The molecule has 116 valence electrons. The number of fused-ring (bicyclic) bond motifs is 3. The number of anilines is 1. The van der Waals surface area contributed by atoms with Crippen LogP contribution in [-0.2, 0) is 6.42 Å². The Labute approximate surface area is 137 Å². The minimum Gasteiger partial charge on any atom is -0.364 e. The standard InChI is InChI=1S/C16H14ClN5O/c1-9-6-12-14(15-18-4-5-22(9)15)11(8-19-12)16(23)21-13-3-2-10(17)7-20-13/h2-5,7-9,19H,6H2,1H3,(H,20,21,23)/t9-/m1/s1. The van der Waals surface area contributed by atoms with Gasteiger partial charge in [-0.05, 0) is 19.1 Å². The first-order chi connectivity index (χ1) is 11.1. The molecule has 3 aromatic rings. The Morgan fingerprint density at radius 2 is 2.30 bits per heavy atom. The average Bonchev–Trinajstić information content (AvgIpc) is 3.15. The van der Waals surface area contributed by atoms with E-state index < -0.39 is 0 Å². The zero-order chi connectivity index (χ0) is 16.0. The minimum absolute atomic E-state index is 0.221. The van der Waals surface area contributed by atoms with Crippen molar-refractivity contribution in [2.75, 3.05) is 5.32 Å². The molecule has 23 heavy (non-hydrogen) atoms. The van der Waals surface area contributed by atoms with E-state index in [-0.39, 0.29) is 5.91 Å². The van der Waals surface area contributed by atoms with Crippen molar-refractivity contribution < 1.29 is 4.79 Å². The van der Waals surface area contributed by atoms with Crippen LogP contribution in [0.2, 0.25) is 5.02 Å². The normalized spacial score (nSPS) is 15.8. The second-order valence-electron chi connectivity index (χ2n) is 5.58. The average molecular weight is 328 g/mol. The number of nitrogens with zero attached hydrogens (tertiary/aromatic N) is 3. The Balaban J connectivity index is 1.70. The third kappa shape index (κ3) is 2.31. The lowest BCUT2D eigenvalue weighted by molar-refractivity contribution is 0.102. The number of halogens is 1. The van der Waals surface area contributed by atoms with Gasteiger partial charge in [0, 0.05) is 42.9 Å². The van der Waals surface area contributed by atoms with E-state index in [4.69, 9.17) is 11.6 Å². The molecule has 6 nitrogen and oxygen atoms in total. The Morgan fingerprint density at radius 1 is 1.43 bits per heavy atom. The predicted molar refractivity (Wildman–Crippen MR) is 87.6 cm³/mol. The summed E-state index contributed by atoms with van der Waals surface area (Å²) >= 11 is 5.81. The van der Waals surface area contributed by atoms with Crippen molar-refractivity contribution in [3.63, 3.8) is 0 Å². The molecule has 0 saturated carbocycles. The SMILES string of the molecule is C[C@@H]1Cc2[nH]cc(C(=O)Nc3ccc(Cl)cn3)c2-c2nccn21. The van der Waals surface area contributed by atoms with Crippen LogP contribution in [0, 0.1) is 0 Å². The number of hydrogen-bond donors (Lipinski definition) is 2. The highest BCUT2D eigenvalue weighted by molar-refractivity contribution is 6.30. The molecule has 1 aliphatic heterocycles. The first-order valence-corrected chi connectivity index (χ1v) is 7.67. The highest BCUT2D eigenvalue weighted by atomic mass is 35.5. The predicted octanol–water partition coefficient (Wildman–Crippen LogP) is 3.30. The van der Waals surface area contributed by atoms with Gasteiger partial charge < -0.3 is 14.9 Å². The van der Waals surface area contributed by atoms with E-state index in [0.717, 1.165) is 23.5 Å². The number of aromatic nitrogens is 4. The Hall–Kier alpha value is -2.60. The second kappa shape index (κ2) is 5.24. The van der Waals surface area contributed by atoms with Gasteiger partial charge in [-0.1, -0.05) is 11.6 Å². The number of rotatable bonds is 2. The molecule has 1 amide bonds. The molecule has 2 N–H and O–H groups in total. The molecule has 0 fully saturated rings. The molecule has 0 aliphatic carbocycles. The molecule has 1 atom stereocenters. The van der Waals surface area contributed by atoms with Crippen LogP contribution >= 0.6 is 11.6 Å². The van der Waals surface area contributed by atoms with Gasteiger partial charge in [0.25, 0.3) is 5.91 Å². The van der Waals surface area contributed by atoms with Crippen LogP contribution < -0.4 is 5.32 Å². The van der Waals surface area contributed by atoms with Crippen LogP contribution in [0.5, 0.6) is 0 Å². The van der Waals surface area contributed by atoms with Crippen molar-refractivity contribution in [1.82, 2.24) is 19.5 Å². The fourth-order valence-electron chi connectivity index (χ4n) is 2.95. The summed E-state index contributed by atoms with van der Waals surface area (Å²) in [6.07, 6.45) is 7.77. The first kappa shape index (κ1) is 14.0. The van der Waals surface area contributed by atoms with E-state index >= 15 is 0 Å². The van der Waals surface area contributed by atoms with E-state index in [1.165, 1.54) is 6.20 Å². The molecule has 0 radical (unpaired) electrons. The number of hydrogen-bond acceptors (Lipinski definition) is 3. The van der Waals surface area contributed by atoms with Crippen molar-refractivity contribution in [2.24, 2.45) is 0 Å². The second-order valence-corrected chi connectivity index (χ2v) is 6.02. The molecule has 3 aromatic heterocycles. The van der Waals surface area contributed by atoms with Crippen molar-refractivity contribution >= 4 is 23.3 Å². The Bertz CT molecular complexity index is 880. The van der Waals surface area contributed by atoms with E-state index in [9.17, 15) is 4.79 Å². The number of imidazole rings is 1. The third-order valence-corrected chi connectivity index (χ3v) is 4.27. The fraction of sp³-hybridized carbons (Fsp3) is 0.188. The number of carbonyl (C=O) groups excluding carboxylic acids is 1. The lowest BCUT2D eigenvalue weighted by Crippen LogP contribution is -2.18. The van der Waals surface area contributed by atoms with E-state index in [1.54, 1.807) is 24.5 Å². The maximum Gasteiger partial charge on any atom is 0.259 e. The molecule has 0 saturated heterocycles. The highest BCUT2D eigenvalue weighted by Crippen LogP contribution is 2.35. The van der Waals surface area contributed by atoms with Gasteiger partial charge in [-0.15, -0.1) is 0 Å². The quantitative estimate of drug-likeness (QED) is 0.758. The summed E-state index contributed by atoms with van der Waals surface area (Å²) in [5.41, 5.74) is 2.46. The lowest BCUT2D eigenvalue weighted by Gasteiger charge is -2.22. The van der Waals surface area contributed by atoms with Gasteiger partial charge in [0.1, 0.15) is 11.6 Å². The van der Waals surface area contributed by atoms with E-state index in [1.807, 2.05) is 6.20 Å². The van der Waals surface area contributed by atoms with E-state index in [2.05, 4.69) is 31.8 Å². The van der Waals surface area contributed by atoms with Gasteiger partial charge >= 0.3 is 0 Å². The van der Waals surface area contributed by atoms with Crippen molar-refractivity contribution in [2.45, 2.75) is 19.4 Å². The molecule has 0 bridgehead atoms. The molecular weight excluding hydrogens is 314 g/mol. The number of carbonyl (C=O) groups is 1. The highest BCUT2D eigenvalue weighted by Gasteiger charge is 2.28. The van der Waals surface area contributed by atoms with Gasteiger partial charge in [-0.25, -0.2) is 9.97 Å². The Morgan fingerprint density at radius 3 is 3.09 bits per heavy atom. The lowest BCUT2D eigenvalue weighted by atomic mass is 10.0. The summed E-state index contributed by atoms with van der Waals surface area (Å²) in [6.45, 7) is 2.13. The van der Waals surface area contributed by atoms with Crippen LogP contribution in [0.3, 0.4) is 0 Å². The maximum absolute atomic E-state index is 12.6. The summed E-state index contributed by atoms with van der Waals surface area (Å²) in [6, 6.07) is 3.67. The number of aromatic amines is 1. The largest absolute Gasteiger partial charge is 0.364 e. The maximum atomic E-state index is 12.6. The van der Waals surface area contributed by atoms with Crippen LogP contribution in [0.1, 0.15) is 29.0 Å². The minimum atomic E-state index is -0.221. The number of H-pyrrole nitrogens is 1. The van der Waals surface area contributed by atoms with Crippen LogP contribution in [0.25, 0.3) is 11.4 Å². The van der Waals surface area contributed by atoms with Gasteiger partial charge in [-0.2, -0.15) is 0 Å². The summed E-state index contributed by atoms with van der Waals surface area (Å²) < 4.78 is 2.09. The van der Waals surface area contributed by atoms with Crippen LogP contribution in [0.15, 0.2) is 36.9 Å². The van der Waals surface area contributed by atoms with Gasteiger partial charge in [0.05, 0.1) is 16.1 Å². The van der Waals surface area contributed by atoms with Crippen molar-refractivity contribution in [3.8, 4) is 11.4 Å². The number of pyridine rings is 1. The molecule has 0 unspecified atom stereocenters. The molecule has 4 heterocycles. The number of nitrogens with one attached hydrogen (secondary N) is 2. The summed E-state index contributed by atoms with van der Waals surface area (Å²) in [5.74, 6) is 1.05. The topological polar surface area (TPSA) is 75.6 Å². The third-order valence-electron chi connectivity index (χ3n) is 4.04. The number of amides is 1. The molecule has 0 spiro atoms. The smallest absolute Gasteiger partial charge is 0.259 e. The molecule has 4 rings (SSSR count). The Kier molecular flexibility index (Phi) is 3.20. The molecular formula is C16H14ClN5O. The fourth-order valence-corrected chi connectivity index (χ4v) is 3.06. The summed E-state index contributed by atoms with van der Waals surface area (Å²) in [4.78, 5) is 24.3. The van der Waals surface area contributed by atoms with Crippen molar-refractivity contribution in [1.29, 1.82) is 0 Å². The van der Waals surface area contributed by atoms with Crippen LogP contribution in [0.4, 0.5) is 5.82 Å². The monoisotopic (exact) mass is 327 g/mol. The van der Waals surface area contributed by atoms with Gasteiger partial charge in [0.15, 0.2) is 0 Å². The van der Waals surface area contributed by atoms with Gasteiger partial charge in [-0.3, -0.25) is 4.79 Å². The molecule has 0 aromatic carbocycles.